The molecular formula is C14H16ClN3O. The van der Waals surface area contributed by atoms with Crippen molar-refractivity contribution in [1.82, 2.24) is 9.97 Å². The minimum Gasteiger partial charge on any atom is -0.496 e. The van der Waals surface area contributed by atoms with Crippen molar-refractivity contribution in [3.05, 3.63) is 35.1 Å². The molecule has 0 radical (unpaired) electrons. The first-order chi connectivity index (χ1) is 9.17. The van der Waals surface area contributed by atoms with Crippen LogP contribution in [-0.2, 0) is 6.42 Å². The molecule has 0 spiro atoms. The van der Waals surface area contributed by atoms with E-state index < -0.39 is 0 Å². The average molecular weight is 278 g/mol. The summed E-state index contributed by atoms with van der Waals surface area (Å²) in [4.78, 5) is 8.40. The molecule has 2 rings (SSSR count). The minimum absolute atomic E-state index is 0.508. The van der Waals surface area contributed by atoms with Crippen LogP contribution >= 0.6 is 11.6 Å². The van der Waals surface area contributed by atoms with E-state index in [-0.39, 0.29) is 0 Å². The molecule has 0 unspecified atom stereocenters. The summed E-state index contributed by atoms with van der Waals surface area (Å²) >= 11 is 6.06. The van der Waals surface area contributed by atoms with Crippen LogP contribution in [0.4, 0.5) is 5.82 Å². The largest absolute Gasteiger partial charge is 0.496 e. The molecule has 4 nitrogen and oxygen atoms in total. The Morgan fingerprint density at radius 2 is 2.11 bits per heavy atom. The van der Waals surface area contributed by atoms with Crippen LogP contribution in [0, 0.1) is 0 Å². The van der Waals surface area contributed by atoms with Crippen LogP contribution in [0.5, 0.6) is 5.75 Å². The Balaban J connectivity index is 2.64. The van der Waals surface area contributed by atoms with Crippen LogP contribution in [0.3, 0.4) is 0 Å². The summed E-state index contributed by atoms with van der Waals surface area (Å²) in [5.74, 6) is 1.23. The van der Waals surface area contributed by atoms with Crippen molar-refractivity contribution in [3.8, 4) is 17.0 Å². The highest BCUT2D eigenvalue weighted by Gasteiger charge is 2.15. The summed E-state index contributed by atoms with van der Waals surface area (Å²) in [7, 11) is 1.62. The average Bonchev–Trinajstić information content (AvgIpc) is 2.41. The van der Waals surface area contributed by atoms with Gasteiger partial charge in [-0.3, -0.25) is 0 Å². The first-order valence-electron chi connectivity index (χ1n) is 6.10. The zero-order valence-electron chi connectivity index (χ0n) is 11.0. The maximum absolute atomic E-state index is 6.06. The van der Waals surface area contributed by atoms with Gasteiger partial charge in [-0.25, -0.2) is 9.97 Å². The Labute approximate surface area is 117 Å². The van der Waals surface area contributed by atoms with Crippen LogP contribution in [-0.4, -0.2) is 17.1 Å². The Hall–Kier alpha value is -1.81. The van der Waals surface area contributed by atoms with Crippen LogP contribution in [0.25, 0.3) is 11.3 Å². The number of methoxy groups -OCH3 is 1. The topological polar surface area (TPSA) is 61.0 Å². The number of hydrogen-bond acceptors (Lipinski definition) is 4. The number of nitrogen functional groups attached to an aromatic ring is 1. The summed E-state index contributed by atoms with van der Waals surface area (Å²) in [5, 5.41) is 0.635. The van der Waals surface area contributed by atoms with Gasteiger partial charge in [0.15, 0.2) is 0 Å². The van der Waals surface area contributed by atoms with Crippen molar-refractivity contribution < 1.29 is 4.74 Å². The highest BCUT2D eigenvalue weighted by molar-refractivity contribution is 6.31. The first-order valence-corrected chi connectivity index (χ1v) is 6.48. The fraction of sp³-hybridized carbons (Fsp3) is 0.286. The highest BCUT2D eigenvalue weighted by atomic mass is 35.5. The first kappa shape index (κ1) is 13.6. The van der Waals surface area contributed by atoms with Crippen molar-refractivity contribution >= 4 is 17.4 Å². The molecule has 100 valence electrons. The molecule has 0 aliphatic heterocycles. The predicted octanol–water partition coefficient (Wildman–Crippen LogP) is 3.34. The van der Waals surface area contributed by atoms with Gasteiger partial charge in [0.2, 0.25) is 0 Å². The van der Waals surface area contributed by atoms with Gasteiger partial charge in [0.1, 0.15) is 17.9 Å². The maximum atomic E-state index is 6.06. The number of aromatic nitrogens is 2. The van der Waals surface area contributed by atoms with Gasteiger partial charge in [-0.05, 0) is 24.6 Å². The lowest BCUT2D eigenvalue weighted by Gasteiger charge is -2.13. The van der Waals surface area contributed by atoms with E-state index in [1.807, 2.05) is 12.1 Å². The number of halogens is 1. The predicted molar refractivity (Wildman–Crippen MR) is 77.4 cm³/mol. The van der Waals surface area contributed by atoms with Gasteiger partial charge < -0.3 is 10.5 Å². The Bertz CT molecular complexity index is 587. The van der Waals surface area contributed by atoms with E-state index in [1.54, 1.807) is 13.2 Å². The van der Waals surface area contributed by atoms with Crippen LogP contribution in [0.1, 0.15) is 18.9 Å². The fourth-order valence-corrected chi connectivity index (χ4v) is 2.19. The molecule has 5 heteroatoms. The van der Waals surface area contributed by atoms with E-state index in [0.717, 1.165) is 35.4 Å². The second-order valence-corrected chi connectivity index (χ2v) is 4.62. The molecule has 1 heterocycles. The minimum atomic E-state index is 0.508. The molecule has 2 aromatic rings. The van der Waals surface area contributed by atoms with Gasteiger partial charge >= 0.3 is 0 Å². The van der Waals surface area contributed by atoms with Gasteiger partial charge in [0.25, 0.3) is 0 Å². The monoisotopic (exact) mass is 277 g/mol. The maximum Gasteiger partial charge on any atom is 0.130 e. The third-order valence-corrected chi connectivity index (χ3v) is 3.13. The Kier molecular flexibility index (Phi) is 4.22. The van der Waals surface area contributed by atoms with Gasteiger partial charge in [-0.2, -0.15) is 0 Å². The molecular weight excluding hydrogens is 262 g/mol. The molecule has 0 amide bonds. The standard InChI is InChI=1S/C14H16ClN3O/c1-3-4-10-13(17-8-18-14(10)16)11-7-9(15)5-6-12(11)19-2/h5-8H,3-4H2,1-2H3,(H2,16,17,18). The molecule has 1 aromatic carbocycles. The van der Waals surface area contributed by atoms with Crippen molar-refractivity contribution in [2.45, 2.75) is 19.8 Å². The van der Waals surface area contributed by atoms with E-state index in [9.17, 15) is 0 Å². The summed E-state index contributed by atoms with van der Waals surface area (Å²) < 4.78 is 5.37. The van der Waals surface area contributed by atoms with E-state index in [4.69, 9.17) is 22.1 Å². The SMILES string of the molecule is CCCc1c(N)ncnc1-c1cc(Cl)ccc1OC. The third kappa shape index (κ3) is 2.79. The lowest BCUT2D eigenvalue weighted by Crippen LogP contribution is -2.03. The second-order valence-electron chi connectivity index (χ2n) is 4.18. The zero-order valence-corrected chi connectivity index (χ0v) is 11.7. The van der Waals surface area contributed by atoms with E-state index >= 15 is 0 Å². The van der Waals surface area contributed by atoms with Crippen molar-refractivity contribution in [2.24, 2.45) is 0 Å². The van der Waals surface area contributed by atoms with E-state index in [0.29, 0.717) is 10.8 Å². The van der Waals surface area contributed by atoms with Gasteiger partial charge in [0, 0.05) is 16.1 Å². The van der Waals surface area contributed by atoms with Crippen LogP contribution < -0.4 is 10.5 Å². The summed E-state index contributed by atoms with van der Waals surface area (Å²) in [6.45, 7) is 2.09. The number of rotatable bonds is 4. The molecule has 0 saturated heterocycles. The Morgan fingerprint density at radius 3 is 2.79 bits per heavy atom. The third-order valence-electron chi connectivity index (χ3n) is 2.90. The van der Waals surface area contributed by atoms with Crippen molar-refractivity contribution in [2.75, 3.05) is 12.8 Å². The number of hydrogen-bond donors (Lipinski definition) is 1. The smallest absolute Gasteiger partial charge is 0.130 e. The summed E-state index contributed by atoms with van der Waals surface area (Å²) in [5.41, 5.74) is 8.51. The summed E-state index contributed by atoms with van der Waals surface area (Å²) in [6.07, 6.45) is 3.25. The molecule has 2 N–H and O–H groups in total. The van der Waals surface area contributed by atoms with Gasteiger partial charge in [-0.1, -0.05) is 24.9 Å². The lowest BCUT2D eigenvalue weighted by atomic mass is 10.0. The summed E-state index contributed by atoms with van der Waals surface area (Å²) in [6, 6.07) is 5.45. The second kappa shape index (κ2) is 5.89. The van der Waals surface area contributed by atoms with Crippen LogP contribution in [0.15, 0.2) is 24.5 Å². The number of ether oxygens (including phenoxy) is 1. The number of nitrogens with two attached hydrogens (primary N) is 1. The molecule has 19 heavy (non-hydrogen) atoms. The molecule has 0 aliphatic carbocycles. The Morgan fingerprint density at radius 1 is 1.32 bits per heavy atom. The van der Waals surface area contributed by atoms with E-state index in [1.165, 1.54) is 6.33 Å². The van der Waals surface area contributed by atoms with Gasteiger partial charge in [0.05, 0.1) is 12.8 Å². The number of nitrogens with zero attached hydrogens (tertiary/aromatic N) is 2. The molecule has 0 aliphatic rings. The molecule has 1 aromatic heterocycles. The number of benzene rings is 1. The lowest BCUT2D eigenvalue weighted by molar-refractivity contribution is 0.416. The fourth-order valence-electron chi connectivity index (χ4n) is 2.02. The number of anilines is 1. The normalized spacial score (nSPS) is 10.5. The van der Waals surface area contributed by atoms with Crippen molar-refractivity contribution in [1.29, 1.82) is 0 Å². The molecule has 0 saturated carbocycles. The molecule has 0 atom stereocenters. The quantitative estimate of drug-likeness (QED) is 0.931. The van der Waals surface area contributed by atoms with Crippen LogP contribution in [0.2, 0.25) is 5.02 Å². The zero-order chi connectivity index (χ0) is 13.8. The van der Waals surface area contributed by atoms with Gasteiger partial charge in [-0.15, -0.1) is 0 Å². The molecule has 0 fully saturated rings. The molecule has 0 bridgehead atoms. The highest BCUT2D eigenvalue weighted by Crippen LogP contribution is 2.34. The van der Waals surface area contributed by atoms with Crippen molar-refractivity contribution in [3.63, 3.8) is 0 Å². The van der Waals surface area contributed by atoms with E-state index in [2.05, 4.69) is 16.9 Å².